The number of benzene rings is 1. The first-order valence-corrected chi connectivity index (χ1v) is 8.72. The van der Waals surface area contributed by atoms with Gasteiger partial charge in [-0.15, -0.1) is 0 Å². The van der Waals surface area contributed by atoms with Crippen LogP contribution in [-0.4, -0.2) is 43.0 Å². The van der Waals surface area contributed by atoms with Crippen LogP contribution in [0.3, 0.4) is 0 Å². The lowest BCUT2D eigenvalue weighted by Gasteiger charge is -2.32. The average Bonchev–Trinajstić information content (AvgIpc) is 3.33. The Morgan fingerprint density at radius 2 is 1.88 bits per heavy atom. The molecular weight excluding hydrogens is 369 g/mol. The van der Waals surface area contributed by atoms with Gasteiger partial charge >= 0.3 is 0 Å². The Bertz CT molecular complexity index is 821. The Morgan fingerprint density at radius 1 is 1.12 bits per heavy atom. The van der Waals surface area contributed by atoms with Gasteiger partial charge in [0.1, 0.15) is 0 Å². The van der Waals surface area contributed by atoms with Gasteiger partial charge in [0, 0.05) is 5.02 Å². The molecule has 3 saturated heterocycles. The molecule has 0 radical (unpaired) electrons. The molecule has 1 aromatic carbocycles. The minimum absolute atomic E-state index is 0.248. The van der Waals surface area contributed by atoms with Gasteiger partial charge in [0.25, 0.3) is 0 Å². The van der Waals surface area contributed by atoms with Crippen LogP contribution >= 0.6 is 23.2 Å². The lowest BCUT2D eigenvalue weighted by atomic mass is 9.76. The summed E-state index contributed by atoms with van der Waals surface area (Å²) in [4.78, 5) is 27.3. The zero-order valence-electron chi connectivity index (χ0n) is 12.9. The van der Waals surface area contributed by atoms with E-state index >= 15 is 0 Å². The third kappa shape index (κ3) is 1.97. The molecule has 3 fully saturated rings. The predicted molar refractivity (Wildman–Crippen MR) is 88.4 cm³/mol. The second-order valence-electron chi connectivity index (χ2n) is 6.48. The van der Waals surface area contributed by atoms with E-state index in [4.69, 9.17) is 37.4 Å². The number of anilines is 1. The molecule has 0 aliphatic carbocycles. The maximum atomic E-state index is 13.2. The number of hydrogen-bond donors (Lipinski definition) is 0. The average molecular weight is 382 g/mol. The van der Waals surface area contributed by atoms with Crippen molar-refractivity contribution in [3.8, 4) is 0 Å². The largest absolute Gasteiger partial charge is 0.357 e. The van der Waals surface area contributed by atoms with Crippen molar-refractivity contribution in [2.45, 2.75) is 18.0 Å². The fourth-order valence-electron chi connectivity index (χ4n) is 4.23. The van der Waals surface area contributed by atoms with Gasteiger partial charge in [-0.1, -0.05) is 29.3 Å². The van der Waals surface area contributed by atoms with E-state index in [1.807, 2.05) is 6.08 Å². The zero-order chi connectivity index (χ0) is 17.3. The summed E-state index contributed by atoms with van der Waals surface area (Å²) in [7, 11) is 0. The Balaban J connectivity index is 1.58. The summed E-state index contributed by atoms with van der Waals surface area (Å²) in [6, 6.07) is 4.68. The first kappa shape index (κ1) is 15.8. The minimum Gasteiger partial charge on any atom is -0.357 e. The minimum atomic E-state index is -1.06. The summed E-state index contributed by atoms with van der Waals surface area (Å²) in [6.07, 6.45) is 2.45. The van der Waals surface area contributed by atoms with Crippen molar-refractivity contribution in [1.82, 2.24) is 0 Å². The third-order valence-corrected chi connectivity index (χ3v) is 5.76. The number of carbonyl (C=O) groups is 2. The van der Waals surface area contributed by atoms with Gasteiger partial charge < -0.3 is 14.2 Å². The highest BCUT2D eigenvalue weighted by Crippen LogP contribution is 2.55. The molecule has 4 aliphatic rings. The summed E-state index contributed by atoms with van der Waals surface area (Å²) in [6.45, 7) is 0.862. The van der Waals surface area contributed by atoms with Crippen molar-refractivity contribution in [2.75, 3.05) is 18.1 Å². The zero-order valence-corrected chi connectivity index (χ0v) is 14.4. The van der Waals surface area contributed by atoms with E-state index in [-0.39, 0.29) is 16.8 Å². The van der Waals surface area contributed by atoms with E-state index in [1.54, 1.807) is 18.2 Å². The SMILES string of the molecule is O=C1[C@H]2[C@H]3C=C[C@@](C4OCCO4)(O3)[C@H]2C(=O)N1c1ccc(Cl)cc1Cl. The van der Waals surface area contributed by atoms with Crippen molar-refractivity contribution < 1.29 is 23.8 Å². The lowest BCUT2D eigenvalue weighted by Crippen LogP contribution is -2.49. The fraction of sp³-hybridized carbons (Fsp3) is 0.412. The second kappa shape index (κ2) is 5.28. The number of rotatable bonds is 2. The van der Waals surface area contributed by atoms with Gasteiger partial charge in [-0.05, 0) is 24.3 Å². The monoisotopic (exact) mass is 381 g/mol. The molecule has 4 heterocycles. The quantitative estimate of drug-likeness (QED) is 0.580. The highest BCUT2D eigenvalue weighted by molar-refractivity contribution is 6.38. The van der Waals surface area contributed by atoms with Crippen molar-refractivity contribution in [3.63, 3.8) is 0 Å². The number of carbonyl (C=O) groups excluding carboxylic acids is 2. The molecule has 0 aromatic heterocycles. The number of imide groups is 1. The van der Waals surface area contributed by atoms with Crippen LogP contribution < -0.4 is 4.90 Å². The molecule has 4 atom stereocenters. The fourth-order valence-corrected chi connectivity index (χ4v) is 4.72. The predicted octanol–water partition coefficient (Wildman–Crippen LogP) is 2.18. The molecule has 0 saturated carbocycles. The van der Waals surface area contributed by atoms with Crippen LogP contribution in [0.25, 0.3) is 0 Å². The van der Waals surface area contributed by atoms with Gasteiger partial charge in [0.05, 0.1) is 41.9 Å². The second-order valence-corrected chi connectivity index (χ2v) is 7.32. The Morgan fingerprint density at radius 3 is 2.60 bits per heavy atom. The molecule has 25 heavy (non-hydrogen) atoms. The molecular formula is C17H13Cl2NO5. The van der Waals surface area contributed by atoms with Crippen molar-refractivity contribution in [3.05, 3.63) is 40.4 Å². The van der Waals surface area contributed by atoms with Crippen molar-refractivity contribution >= 4 is 40.7 Å². The first-order chi connectivity index (χ1) is 12.0. The van der Waals surface area contributed by atoms with E-state index in [2.05, 4.69) is 0 Å². The highest BCUT2D eigenvalue weighted by Gasteiger charge is 2.71. The highest BCUT2D eigenvalue weighted by atomic mass is 35.5. The van der Waals surface area contributed by atoms with Crippen LogP contribution in [0.1, 0.15) is 0 Å². The maximum Gasteiger partial charge on any atom is 0.241 e. The van der Waals surface area contributed by atoms with Crippen LogP contribution in [0.2, 0.25) is 10.0 Å². The Hall–Kier alpha value is -1.44. The van der Waals surface area contributed by atoms with Crippen LogP contribution in [0.5, 0.6) is 0 Å². The molecule has 6 nitrogen and oxygen atoms in total. The Labute approximate surface area is 153 Å². The molecule has 4 aliphatic heterocycles. The molecule has 0 unspecified atom stereocenters. The van der Waals surface area contributed by atoms with Gasteiger partial charge in [-0.3, -0.25) is 9.59 Å². The lowest BCUT2D eigenvalue weighted by molar-refractivity contribution is -0.180. The number of halogens is 2. The molecule has 0 spiro atoms. The summed E-state index contributed by atoms with van der Waals surface area (Å²) in [5.41, 5.74) is -0.732. The molecule has 130 valence electrons. The topological polar surface area (TPSA) is 65.1 Å². The number of ether oxygens (including phenoxy) is 3. The normalized spacial score (nSPS) is 36.7. The molecule has 2 amide bonds. The smallest absolute Gasteiger partial charge is 0.241 e. The summed E-state index contributed by atoms with van der Waals surface area (Å²) in [5.74, 6) is -1.97. The summed E-state index contributed by atoms with van der Waals surface area (Å²) >= 11 is 12.1. The Kier molecular flexibility index (Phi) is 3.34. The van der Waals surface area contributed by atoms with Crippen LogP contribution in [-0.2, 0) is 23.8 Å². The number of amides is 2. The summed E-state index contributed by atoms with van der Waals surface area (Å²) in [5, 5.41) is 0.681. The molecule has 0 N–H and O–H groups in total. The third-order valence-electron chi connectivity index (χ3n) is 5.22. The molecule has 5 rings (SSSR count). The van der Waals surface area contributed by atoms with E-state index in [0.717, 1.165) is 4.90 Å². The van der Waals surface area contributed by atoms with Crippen molar-refractivity contribution in [1.29, 1.82) is 0 Å². The molecule has 2 bridgehead atoms. The maximum absolute atomic E-state index is 13.2. The number of hydrogen-bond acceptors (Lipinski definition) is 5. The number of fused-ring (bicyclic) bond motifs is 5. The molecule has 8 heteroatoms. The standard InChI is InChI=1S/C17H13Cl2NO5/c18-8-1-2-10(9(19)7-8)20-14(21)12-11-3-4-17(25-11,13(12)15(20)22)16-23-5-6-24-16/h1-4,7,11-13,16H,5-6H2/t11-,12+,13-,17-/m1/s1. The van der Waals surface area contributed by atoms with Crippen LogP contribution in [0.15, 0.2) is 30.4 Å². The van der Waals surface area contributed by atoms with Crippen LogP contribution in [0.4, 0.5) is 5.69 Å². The number of nitrogens with zero attached hydrogens (tertiary/aromatic N) is 1. The van der Waals surface area contributed by atoms with E-state index < -0.39 is 29.8 Å². The van der Waals surface area contributed by atoms with E-state index in [0.29, 0.717) is 23.9 Å². The van der Waals surface area contributed by atoms with Gasteiger partial charge in [-0.2, -0.15) is 0 Å². The van der Waals surface area contributed by atoms with Gasteiger partial charge in [-0.25, -0.2) is 4.90 Å². The van der Waals surface area contributed by atoms with Gasteiger partial charge in [0.15, 0.2) is 11.9 Å². The summed E-state index contributed by atoms with van der Waals surface area (Å²) < 4.78 is 17.2. The van der Waals surface area contributed by atoms with Gasteiger partial charge in [0.2, 0.25) is 11.8 Å². The molecule has 1 aromatic rings. The van der Waals surface area contributed by atoms with Crippen LogP contribution in [0, 0.1) is 11.8 Å². The van der Waals surface area contributed by atoms with E-state index in [9.17, 15) is 9.59 Å². The van der Waals surface area contributed by atoms with Crippen molar-refractivity contribution in [2.24, 2.45) is 11.8 Å². The van der Waals surface area contributed by atoms with E-state index in [1.165, 1.54) is 6.07 Å². The first-order valence-electron chi connectivity index (χ1n) is 7.96.